The van der Waals surface area contributed by atoms with Gasteiger partial charge in [0.25, 0.3) is 0 Å². The van der Waals surface area contributed by atoms with Gasteiger partial charge in [-0.1, -0.05) is 20.3 Å². The van der Waals surface area contributed by atoms with Crippen molar-refractivity contribution in [2.75, 3.05) is 39.6 Å². The van der Waals surface area contributed by atoms with E-state index in [9.17, 15) is 14.7 Å². The second kappa shape index (κ2) is 12.4. The lowest BCUT2D eigenvalue weighted by atomic mass is 9.94. The minimum absolute atomic E-state index is 0.0307. The Labute approximate surface area is 132 Å². The summed E-state index contributed by atoms with van der Waals surface area (Å²) >= 11 is 0. The van der Waals surface area contributed by atoms with Crippen molar-refractivity contribution in [3.63, 3.8) is 0 Å². The molecule has 2 amide bonds. The molecule has 0 spiro atoms. The van der Waals surface area contributed by atoms with E-state index in [2.05, 4.69) is 12.2 Å². The number of nitrogens with one attached hydrogen (secondary N) is 1. The van der Waals surface area contributed by atoms with Crippen molar-refractivity contribution in [3.05, 3.63) is 0 Å². The zero-order valence-electron chi connectivity index (χ0n) is 13.7. The second-order valence-corrected chi connectivity index (χ2v) is 5.74. The monoisotopic (exact) mass is 318 g/mol. The summed E-state index contributed by atoms with van der Waals surface area (Å²) < 4.78 is 10.8. The third kappa shape index (κ3) is 11.5. The highest BCUT2D eigenvalue weighted by molar-refractivity contribution is 5.75. The lowest BCUT2D eigenvalue weighted by molar-refractivity contribution is -0.122. The number of rotatable bonds is 14. The average Bonchev–Trinajstić information content (AvgIpc) is 2.48. The van der Waals surface area contributed by atoms with E-state index in [1.165, 1.54) is 0 Å². The van der Waals surface area contributed by atoms with Crippen molar-refractivity contribution in [2.24, 2.45) is 11.1 Å². The summed E-state index contributed by atoms with van der Waals surface area (Å²) in [7, 11) is 0. The Morgan fingerprint density at radius 2 is 1.77 bits per heavy atom. The molecule has 0 aromatic rings. The number of carbonyl (C=O) groups is 2. The number of nitrogens with two attached hydrogens (primary N) is 1. The third-order valence-corrected chi connectivity index (χ3v) is 3.10. The predicted molar refractivity (Wildman–Crippen MR) is 83.2 cm³/mol. The van der Waals surface area contributed by atoms with Gasteiger partial charge >= 0.3 is 0 Å². The van der Waals surface area contributed by atoms with E-state index in [4.69, 9.17) is 15.2 Å². The smallest absolute Gasteiger partial charge is 0.222 e. The largest absolute Gasteiger partial charge is 0.396 e. The molecule has 22 heavy (non-hydrogen) atoms. The first kappa shape index (κ1) is 20.8. The van der Waals surface area contributed by atoms with Crippen molar-refractivity contribution >= 4 is 11.8 Å². The summed E-state index contributed by atoms with van der Waals surface area (Å²) in [4.78, 5) is 22.1. The molecular weight excluding hydrogens is 288 g/mol. The predicted octanol–water partition coefficient (Wildman–Crippen LogP) is 0.200. The van der Waals surface area contributed by atoms with Gasteiger partial charge in [0.05, 0.1) is 33.0 Å². The van der Waals surface area contributed by atoms with E-state index in [1.807, 2.05) is 6.92 Å². The number of aliphatic hydroxyl groups is 1. The first-order valence-corrected chi connectivity index (χ1v) is 7.75. The molecule has 4 N–H and O–H groups in total. The SMILES string of the molecule is CCCCNC(=O)CCOCC(C)(CO)COCCC(N)=O. The quantitative estimate of drug-likeness (QED) is 0.396. The molecule has 0 radical (unpaired) electrons. The van der Waals surface area contributed by atoms with E-state index in [1.54, 1.807) is 0 Å². The van der Waals surface area contributed by atoms with Crippen LogP contribution in [-0.2, 0) is 19.1 Å². The molecule has 0 aromatic heterocycles. The number of aliphatic hydroxyl groups excluding tert-OH is 1. The molecule has 130 valence electrons. The molecule has 0 rings (SSSR count). The number of primary amides is 1. The molecule has 0 bridgehead atoms. The fraction of sp³-hybridized carbons (Fsp3) is 0.867. The van der Waals surface area contributed by atoms with Crippen molar-refractivity contribution in [2.45, 2.75) is 39.5 Å². The molecule has 7 nitrogen and oxygen atoms in total. The van der Waals surface area contributed by atoms with Crippen LogP contribution in [-0.4, -0.2) is 56.5 Å². The zero-order valence-corrected chi connectivity index (χ0v) is 13.7. The van der Waals surface area contributed by atoms with Gasteiger partial charge in [0.1, 0.15) is 0 Å². The number of hydrogen-bond donors (Lipinski definition) is 3. The maximum atomic E-state index is 11.5. The summed E-state index contributed by atoms with van der Waals surface area (Å²) in [6, 6.07) is 0. The highest BCUT2D eigenvalue weighted by atomic mass is 16.5. The van der Waals surface area contributed by atoms with Gasteiger partial charge in [0, 0.05) is 24.8 Å². The molecule has 1 atom stereocenters. The molecule has 1 unspecified atom stereocenters. The maximum Gasteiger partial charge on any atom is 0.222 e. The average molecular weight is 318 g/mol. The second-order valence-electron chi connectivity index (χ2n) is 5.74. The Morgan fingerprint density at radius 3 is 2.27 bits per heavy atom. The first-order chi connectivity index (χ1) is 10.4. The molecule has 0 aliphatic heterocycles. The number of hydrogen-bond acceptors (Lipinski definition) is 5. The number of carbonyl (C=O) groups excluding carboxylic acids is 2. The topological polar surface area (TPSA) is 111 Å². The van der Waals surface area contributed by atoms with Gasteiger partial charge in [-0.3, -0.25) is 9.59 Å². The Hall–Kier alpha value is -1.18. The summed E-state index contributed by atoms with van der Waals surface area (Å²) in [5, 5.41) is 12.2. The van der Waals surface area contributed by atoms with Crippen LogP contribution in [0.5, 0.6) is 0 Å². The summed E-state index contributed by atoms with van der Waals surface area (Å²) in [5.41, 5.74) is 4.45. The van der Waals surface area contributed by atoms with Crippen LogP contribution in [0, 0.1) is 5.41 Å². The Balaban J connectivity index is 3.78. The molecule has 0 saturated heterocycles. The van der Waals surface area contributed by atoms with Gasteiger partial charge in [-0.25, -0.2) is 0 Å². The Bertz CT molecular complexity index is 325. The number of ether oxygens (including phenoxy) is 2. The minimum atomic E-state index is -0.559. The van der Waals surface area contributed by atoms with Gasteiger partial charge in [-0.05, 0) is 6.42 Å². The first-order valence-electron chi connectivity index (χ1n) is 7.75. The molecule has 7 heteroatoms. The van der Waals surface area contributed by atoms with E-state index in [0.29, 0.717) is 19.6 Å². The van der Waals surface area contributed by atoms with Crippen LogP contribution >= 0.6 is 0 Å². The van der Waals surface area contributed by atoms with E-state index < -0.39 is 11.3 Å². The highest BCUT2D eigenvalue weighted by Crippen LogP contribution is 2.16. The van der Waals surface area contributed by atoms with Crippen LogP contribution in [0.4, 0.5) is 0 Å². The number of unbranched alkanes of at least 4 members (excludes halogenated alkanes) is 1. The molecule has 0 aliphatic carbocycles. The third-order valence-electron chi connectivity index (χ3n) is 3.10. The minimum Gasteiger partial charge on any atom is -0.396 e. The molecule has 0 aliphatic rings. The van der Waals surface area contributed by atoms with Crippen LogP contribution in [0.1, 0.15) is 39.5 Å². The van der Waals surface area contributed by atoms with E-state index in [0.717, 1.165) is 12.8 Å². The Kier molecular flexibility index (Phi) is 11.7. The van der Waals surface area contributed by atoms with Gasteiger partial charge < -0.3 is 25.6 Å². The molecule has 0 heterocycles. The standard InChI is InChI=1S/C15H30N2O5/c1-3-4-7-17-14(20)6-9-22-12-15(2,10-18)11-21-8-5-13(16)19/h18H,3-12H2,1-2H3,(H2,16,19)(H,17,20). The molecule has 0 aromatic carbocycles. The number of amides is 2. The molecule has 0 saturated carbocycles. The summed E-state index contributed by atoms with van der Waals surface area (Å²) in [6.45, 7) is 5.54. The van der Waals surface area contributed by atoms with Crippen LogP contribution in [0.3, 0.4) is 0 Å². The summed E-state index contributed by atoms with van der Waals surface area (Å²) in [5.74, 6) is -0.451. The zero-order chi connectivity index (χ0) is 16.8. The fourth-order valence-electron chi connectivity index (χ4n) is 1.60. The van der Waals surface area contributed by atoms with Crippen LogP contribution in [0.15, 0.2) is 0 Å². The van der Waals surface area contributed by atoms with Gasteiger partial charge in [-0.2, -0.15) is 0 Å². The van der Waals surface area contributed by atoms with Gasteiger partial charge in [0.2, 0.25) is 11.8 Å². The normalized spacial score (nSPS) is 13.6. The van der Waals surface area contributed by atoms with Crippen molar-refractivity contribution in [1.82, 2.24) is 5.32 Å². The lowest BCUT2D eigenvalue weighted by Crippen LogP contribution is -2.34. The summed E-state index contributed by atoms with van der Waals surface area (Å²) in [6.07, 6.45) is 2.47. The van der Waals surface area contributed by atoms with Crippen LogP contribution in [0.2, 0.25) is 0 Å². The van der Waals surface area contributed by atoms with E-state index in [-0.39, 0.29) is 38.8 Å². The Morgan fingerprint density at radius 1 is 1.18 bits per heavy atom. The maximum absolute atomic E-state index is 11.5. The highest BCUT2D eigenvalue weighted by Gasteiger charge is 2.24. The van der Waals surface area contributed by atoms with Gasteiger partial charge in [0.15, 0.2) is 0 Å². The lowest BCUT2D eigenvalue weighted by Gasteiger charge is -2.26. The van der Waals surface area contributed by atoms with Crippen LogP contribution in [0.25, 0.3) is 0 Å². The van der Waals surface area contributed by atoms with Crippen molar-refractivity contribution in [1.29, 1.82) is 0 Å². The van der Waals surface area contributed by atoms with Gasteiger partial charge in [-0.15, -0.1) is 0 Å². The van der Waals surface area contributed by atoms with Crippen molar-refractivity contribution in [3.8, 4) is 0 Å². The van der Waals surface area contributed by atoms with Crippen molar-refractivity contribution < 1.29 is 24.2 Å². The van der Waals surface area contributed by atoms with Crippen LogP contribution < -0.4 is 11.1 Å². The van der Waals surface area contributed by atoms with E-state index >= 15 is 0 Å². The molecular formula is C15H30N2O5. The molecule has 0 fully saturated rings. The fourth-order valence-corrected chi connectivity index (χ4v) is 1.60.